The molecule has 0 aliphatic carbocycles. The van der Waals surface area contributed by atoms with Crippen LogP contribution >= 0.6 is 0 Å². The van der Waals surface area contributed by atoms with Crippen LogP contribution in [-0.2, 0) is 0 Å². The lowest BCUT2D eigenvalue weighted by Crippen LogP contribution is -2.30. The minimum atomic E-state index is 0.335. The van der Waals surface area contributed by atoms with Crippen LogP contribution in [0.1, 0.15) is 0 Å². The molecule has 2 aliphatic heterocycles. The van der Waals surface area contributed by atoms with E-state index in [2.05, 4.69) is 17.3 Å². The Labute approximate surface area is 82.4 Å². The molecule has 0 atom stereocenters. The van der Waals surface area contributed by atoms with E-state index in [1.54, 1.807) is 0 Å². The molecule has 2 heterocycles. The molecule has 3 rings (SSSR count). The number of fused-ring (bicyclic) bond motifs is 2. The number of nitrogens with zero attached hydrogens (tertiary/aromatic N) is 1. The maximum absolute atomic E-state index is 5.34. The molecule has 1 N–H and O–H groups in total. The Morgan fingerprint density at radius 3 is 2.93 bits per heavy atom. The second-order valence-electron chi connectivity index (χ2n) is 3.57. The first-order valence-corrected chi connectivity index (χ1v) is 4.73. The molecule has 14 heavy (non-hydrogen) atoms. The number of benzene rings is 1. The SMILES string of the molecule is CN1CCNc2cc3c(cc21)OCO3. The summed E-state index contributed by atoms with van der Waals surface area (Å²) >= 11 is 0. The molecule has 0 saturated carbocycles. The van der Waals surface area contributed by atoms with Gasteiger partial charge in [0.25, 0.3) is 0 Å². The lowest BCUT2D eigenvalue weighted by Gasteiger charge is -2.28. The Hall–Kier alpha value is -1.58. The molecular formula is C10H12N2O2. The van der Waals surface area contributed by atoms with Crippen LogP contribution in [0.15, 0.2) is 12.1 Å². The summed E-state index contributed by atoms with van der Waals surface area (Å²) in [5.41, 5.74) is 2.31. The highest BCUT2D eigenvalue weighted by Crippen LogP contribution is 2.41. The fraction of sp³-hybridized carbons (Fsp3) is 0.400. The van der Waals surface area contributed by atoms with Gasteiger partial charge in [-0.1, -0.05) is 0 Å². The summed E-state index contributed by atoms with van der Waals surface area (Å²) in [6.07, 6.45) is 0. The van der Waals surface area contributed by atoms with E-state index in [4.69, 9.17) is 9.47 Å². The van der Waals surface area contributed by atoms with Gasteiger partial charge in [-0.15, -0.1) is 0 Å². The minimum absolute atomic E-state index is 0.335. The number of likely N-dealkylation sites (N-methyl/N-ethyl adjacent to an activating group) is 1. The largest absolute Gasteiger partial charge is 0.454 e. The van der Waals surface area contributed by atoms with Gasteiger partial charge in [-0.3, -0.25) is 0 Å². The van der Waals surface area contributed by atoms with Crippen molar-refractivity contribution in [2.75, 3.05) is 37.1 Å². The second kappa shape index (κ2) is 2.70. The van der Waals surface area contributed by atoms with Crippen molar-refractivity contribution in [3.05, 3.63) is 12.1 Å². The van der Waals surface area contributed by atoms with Crippen LogP contribution in [-0.4, -0.2) is 26.9 Å². The van der Waals surface area contributed by atoms with Gasteiger partial charge in [0.15, 0.2) is 11.5 Å². The average Bonchev–Trinajstić information content (AvgIpc) is 2.62. The van der Waals surface area contributed by atoms with Crippen molar-refractivity contribution in [2.24, 2.45) is 0 Å². The molecule has 74 valence electrons. The summed E-state index contributed by atoms with van der Waals surface area (Å²) in [5, 5.41) is 3.35. The third-order valence-corrected chi connectivity index (χ3v) is 2.66. The van der Waals surface area contributed by atoms with E-state index in [-0.39, 0.29) is 0 Å². The summed E-state index contributed by atoms with van der Waals surface area (Å²) in [7, 11) is 2.09. The van der Waals surface area contributed by atoms with E-state index < -0.39 is 0 Å². The first-order chi connectivity index (χ1) is 6.84. The first kappa shape index (κ1) is 7.79. The molecule has 0 unspecified atom stereocenters. The fourth-order valence-corrected chi connectivity index (χ4v) is 1.87. The van der Waals surface area contributed by atoms with Crippen LogP contribution in [0.25, 0.3) is 0 Å². The number of anilines is 2. The van der Waals surface area contributed by atoms with Gasteiger partial charge in [-0.05, 0) is 0 Å². The molecule has 0 bridgehead atoms. The van der Waals surface area contributed by atoms with Crippen molar-refractivity contribution in [3.8, 4) is 11.5 Å². The van der Waals surface area contributed by atoms with Gasteiger partial charge in [0, 0.05) is 32.3 Å². The third kappa shape index (κ3) is 0.999. The van der Waals surface area contributed by atoms with Crippen LogP contribution in [0.5, 0.6) is 11.5 Å². The molecule has 0 amide bonds. The van der Waals surface area contributed by atoms with Gasteiger partial charge in [0.2, 0.25) is 6.79 Å². The molecule has 4 heteroatoms. The van der Waals surface area contributed by atoms with Crippen molar-refractivity contribution in [3.63, 3.8) is 0 Å². The Morgan fingerprint density at radius 1 is 1.29 bits per heavy atom. The summed E-state index contributed by atoms with van der Waals surface area (Å²) < 4.78 is 10.7. The van der Waals surface area contributed by atoms with E-state index in [1.165, 1.54) is 5.69 Å². The van der Waals surface area contributed by atoms with Gasteiger partial charge >= 0.3 is 0 Å². The monoisotopic (exact) mass is 192 g/mol. The molecular weight excluding hydrogens is 180 g/mol. The Morgan fingerprint density at radius 2 is 2.07 bits per heavy atom. The van der Waals surface area contributed by atoms with Crippen LogP contribution in [0, 0.1) is 0 Å². The topological polar surface area (TPSA) is 33.7 Å². The summed E-state index contributed by atoms with van der Waals surface area (Å²) in [5.74, 6) is 1.69. The summed E-state index contributed by atoms with van der Waals surface area (Å²) in [4.78, 5) is 2.22. The minimum Gasteiger partial charge on any atom is -0.454 e. The average molecular weight is 192 g/mol. The normalized spacial score (nSPS) is 17.6. The molecule has 2 aliphatic rings. The van der Waals surface area contributed by atoms with E-state index in [9.17, 15) is 0 Å². The van der Waals surface area contributed by atoms with Crippen LogP contribution in [0.3, 0.4) is 0 Å². The van der Waals surface area contributed by atoms with E-state index in [0.717, 1.165) is 30.3 Å². The maximum atomic E-state index is 5.34. The highest BCUT2D eigenvalue weighted by molar-refractivity contribution is 5.76. The fourth-order valence-electron chi connectivity index (χ4n) is 1.87. The smallest absolute Gasteiger partial charge is 0.231 e. The van der Waals surface area contributed by atoms with Crippen LogP contribution in [0.2, 0.25) is 0 Å². The predicted octanol–water partition coefficient (Wildman–Crippen LogP) is 1.28. The molecule has 4 nitrogen and oxygen atoms in total. The maximum Gasteiger partial charge on any atom is 0.231 e. The van der Waals surface area contributed by atoms with Gasteiger partial charge in [-0.25, -0.2) is 0 Å². The van der Waals surface area contributed by atoms with Crippen molar-refractivity contribution in [1.29, 1.82) is 0 Å². The second-order valence-corrected chi connectivity index (χ2v) is 3.57. The number of hydrogen-bond acceptors (Lipinski definition) is 4. The molecule has 0 spiro atoms. The third-order valence-electron chi connectivity index (χ3n) is 2.66. The number of hydrogen-bond donors (Lipinski definition) is 1. The molecule has 0 radical (unpaired) electrons. The number of rotatable bonds is 0. The zero-order valence-corrected chi connectivity index (χ0v) is 8.04. The van der Waals surface area contributed by atoms with Crippen molar-refractivity contribution in [2.45, 2.75) is 0 Å². The molecule has 1 aromatic rings. The quantitative estimate of drug-likeness (QED) is 0.671. The van der Waals surface area contributed by atoms with Crippen molar-refractivity contribution in [1.82, 2.24) is 0 Å². The molecule has 0 fully saturated rings. The standard InChI is InChI=1S/C10H12N2O2/c1-12-3-2-11-7-4-9-10(5-8(7)12)14-6-13-9/h4-5,11H,2-3,6H2,1H3. The zero-order chi connectivity index (χ0) is 9.54. The molecule has 0 saturated heterocycles. The van der Waals surface area contributed by atoms with Crippen LogP contribution in [0.4, 0.5) is 11.4 Å². The Balaban J connectivity index is 2.12. The van der Waals surface area contributed by atoms with Crippen molar-refractivity contribution >= 4 is 11.4 Å². The van der Waals surface area contributed by atoms with Gasteiger partial charge in [0.05, 0.1) is 11.4 Å². The van der Waals surface area contributed by atoms with Gasteiger partial charge < -0.3 is 19.7 Å². The van der Waals surface area contributed by atoms with E-state index in [1.807, 2.05) is 12.1 Å². The highest BCUT2D eigenvalue weighted by atomic mass is 16.7. The predicted molar refractivity (Wildman–Crippen MR) is 54.3 cm³/mol. The lowest BCUT2D eigenvalue weighted by atomic mass is 10.2. The first-order valence-electron chi connectivity index (χ1n) is 4.73. The van der Waals surface area contributed by atoms with Crippen LogP contribution < -0.4 is 19.7 Å². The number of nitrogens with one attached hydrogen (secondary N) is 1. The number of ether oxygens (including phenoxy) is 2. The van der Waals surface area contributed by atoms with E-state index >= 15 is 0 Å². The molecule has 0 aromatic heterocycles. The zero-order valence-electron chi connectivity index (χ0n) is 8.04. The summed E-state index contributed by atoms with van der Waals surface area (Å²) in [6.45, 7) is 2.33. The van der Waals surface area contributed by atoms with Gasteiger partial charge in [-0.2, -0.15) is 0 Å². The lowest BCUT2D eigenvalue weighted by molar-refractivity contribution is 0.174. The molecule has 1 aromatic carbocycles. The highest BCUT2D eigenvalue weighted by Gasteiger charge is 2.20. The Bertz CT molecular complexity index is 379. The summed E-state index contributed by atoms with van der Waals surface area (Å²) in [6, 6.07) is 4.04. The Kier molecular flexibility index (Phi) is 1.50. The van der Waals surface area contributed by atoms with Crippen molar-refractivity contribution < 1.29 is 9.47 Å². The van der Waals surface area contributed by atoms with Gasteiger partial charge in [0.1, 0.15) is 0 Å². The van der Waals surface area contributed by atoms with E-state index in [0.29, 0.717) is 6.79 Å².